The Morgan fingerprint density at radius 3 is 2.50 bits per heavy atom. The van der Waals surface area contributed by atoms with E-state index in [0.29, 0.717) is 0 Å². The zero-order valence-electron chi connectivity index (χ0n) is 13.2. The fraction of sp³-hybridized carbons (Fsp3) is 0.125. The summed E-state index contributed by atoms with van der Waals surface area (Å²) in [6.07, 6.45) is -1.30. The summed E-state index contributed by atoms with van der Waals surface area (Å²) in [7, 11) is 0. The summed E-state index contributed by atoms with van der Waals surface area (Å²) < 4.78 is 18.6. The largest absolute Gasteiger partial charge is 0.449 e. The Morgan fingerprint density at radius 1 is 1.23 bits per heavy atom. The van der Waals surface area contributed by atoms with Crippen molar-refractivity contribution in [3.8, 4) is 0 Å². The van der Waals surface area contributed by atoms with Crippen LogP contribution in [0.4, 0.5) is 15.8 Å². The van der Waals surface area contributed by atoms with Crippen molar-refractivity contribution in [3.05, 3.63) is 67.9 Å². The molecule has 2 rings (SSSR count). The first kappa shape index (κ1) is 19.6. The van der Waals surface area contributed by atoms with Gasteiger partial charge in [0.15, 0.2) is 6.10 Å². The van der Waals surface area contributed by atoms with Crippen LogP contribution in [0.1, 0.15) is 17.3 Å². The number of nitro benzene ring substituents is 1. The number of esters is 1. The number of non-ortho nitro benzene ring substituents is 1. The predicted molar refractivity (Wildman–Crippen MR) is 93.0 cm³/mol. The van der Waals surface area contributed by atoms with Crippen molar-refractivity contribution in [2.45, 2.75) is 13.0 Å². The summed E-state index contributed by atoms with van der Waals surface area (Å²) in [6.45, 7) is 1.27. The van der Waals surface area contributed by atoms with Gasteiger partial charge in [0.25, 0.3) is 11.6 Å². The average Bonchev–Trinajstić information content (AvgIpc) is 2.56. The molecule has 0 aliphatic heterocycles. The van der Waals surface area contributed by atoms with Crippen LogP contribution in [0.3, 0.4) is 0 Å². The van der Waals surface area contributed by atoms with Crippen molar-refractivity contribution in [2.75, 3.05) is 5.32 Å². The number of carbonyl (C=O) groups is 2. The lowest BCUT2D eigenvalue weighted by Crippen LogP contribution is -2.30. The first-order valence-electron chi connectivity index (χ1n) is 7.10. The van der Waals surface area contributed by atoms with Gasteiger partial charge in [0, 0.05) is 12.1 Å². The topological polar surface area (TPSA) is 98.5 Å². The number of rotatable bonds is 5. The minimum atomic E-state index is -1.30. The molecule has 10 heteroatoms. The molecule has 0 saturated carbocycles. The van der Waals surface area contributed by atoms with Crippen LogP contribution in [-0.2, 0) is 9.53 Å². The molecule has 1 amide bonds. The maximum atomic E-state index is 13.7. The van der Waals surface area contributed by atoms with Gasteiger partial charge in [-0.3, -0.25) is 14.9 Å². The normalized spacial score (nSPS) is 11.5. The van der Waals surface area contributed by atoms with Crippen LogP contribution < -0.4 is 5.32 Å². The number of nitro groups is 1. The molecule has 0 aliphatic carbocycles. The second-order valence-corrected chi connectivity index (χ2v) is 5.87. The number of amides is 1. The molecule has 0 aromatic heterocycles. The minimum absolute atomic E-state index is 0.0665. The summed E-state index contributed by atoms with van der Waals surface area (Å²) in [5.74, 6) is -2.75. The van der Waals surface area contributed by atoms with E-state index in [9.17, 15) is 24.1 Å². The van der Waals surface area contributed by atoms with Gasteiger partial charge in [-0.05, 0) is 25.1 Å². The molecule has 2 aromatic rings. The van der Waals surface area contributed by atoms with E-state index in [2.05, 4.69) is 5.32 Å². The Labute approximate surface area is 156 Å². The number of hydrogen-bond acceptors (Lipinski definition) is 5. The van der Waals surface area contributed by atoms with Gasteiger partial charge < -0.3 is 10.1 Å². The number of ether oxygens (including phenoxy) is 1. The van der Waals surface area contributed by atoms with Gasteiger partial charge in [-0.25, -0.2) is 9.18 Å². The van der Waals surface area contributed by atoms with Crippen LogP contribution in [0.25, 0.3) is 0 Å². The maximum absolute atomic E-state index is 13.7. The molecule has 1 N–H and O–H groups in total. The first-order valence-corrected chi connectivity index (χ1v) is 7.86. The van der Waals surface area contributed by atoms with Crippen molar-refractivity contribution in [1.29, 1.82) is 0 Å². The molecule has 0 bridgehead atoms. The summed E-state index contributed by atoms with van der Waals surface area (Å²) in [6, 6.07) is 7.11. The van der Waals surface area contributed by atoms with Crippen molar-refractivity contribution in [1.82, 2.24) is 0 Å². The Hall–Kier alpha value is -2.71. The number of halogens is 3. The van der Waals surface area contributed by atoms with E-state index in [-0.39, 0.29) is 21.4 Å². The van der Waals surface area contributed by atoms with Crippen molar-refractivity contribution in [2.24, 2.45) is 0 Å². The third kappa shape index (κ3) is 4.47. The van der Waals surface area contributed by atoms with Crippen LogP contribution in [0.15, 0.2) is 36.4 Å². The maximum Gasteiger partial charge on any atom is 0.343 e. The summed E-state index contributed by atoms with van der Waals surface area (Å²) in [4.78, 5) is 34.2. The van der Waals surface area contributed by atoms with E-state index < -0.39 is 34.3 Å². The van der Waals surface area contributed by atoms with Gasteiger partial charge in [-0.15, -0.1) is 0 Å². The zero-order valence-corrected chi connectivity index (χ0v) is 14.7. The lowest BCUT2D eigenvalue weighted by molar-refractivity contribution is -0.384. The Morgan fingerprint density at radius 2 is 1.92 bits per heavy atom. The van der Waals surface area contributed by atoms with Crippen LogP contribution >= 0.6 is 23.2 Å². The number of benzene rings is 2. The zero-order chi connectivity index (χ0) is 19.4. The fourth-order valence-electron chi connectivity index (χ4n) is 1.92. The highest BCUT2D eigenvalue weighted by molar-refractivity contribution is 6.34. The number of carbonyl (C=O) groups excluding carboxylic acids is 2. The monoisotopic (exact) mass is 400 g/mol. The Bertz CT molecular complexity index is 871. The number of hydrogen-bond donors (Lipinski definition) is 1. The number of nitrogens with one attached hydrogen (secondary N) is 1. The van der Waals surface area contributed by atoms with E-state index >= 15 is 0 Å². The van der Waals surface area contributed by atoms with Gasteiger partial charge in [0.1, 0.15) is 11.4 Å². The lowest BCUT2D eigenvalue weighted by Gasteiger charge is -2.15. The van der Waals surface area contributed by atoms with Crippen LogP contribution in [-0.4, -0.2) is 22.9 Å². The first-order chi connectivity index (χ1) is 12.2. The van der Waals surface area contributed by atoms with E-state index in [4.69, 9.17) is 27.9 Å². The van der Waals surface area contributed by atoms with Gasteiger partial charge in [-0.2, -0.15) is 0 Å². The van der Waals surface area contributed by atoms with Crippen LogP contribution in [0, 0.1) is 15.9 Å². The fourth-order valence-corrected chi connectivity index (χ4v) is 2.38. The third-order valence-electron chi connectivity index (χ3n) is 3.24. The summed E-state index contributed by atoms with van der Waals surface area (Å²) in [5, 5.41) is 12.8. The lowest BCUT2D eigenvalue weighted by atomic mass is 10.2. The molecule has 0 fully saturated rings. The standard InChI is InChI=1S/C16H11Cl2FN2O5/c1-8(26-16(23)14-10(17)3-2-4-12(14)19)15(22)20-13-6-5-9(21(24)25)7-11(13)18/h2-8H,1H3,(H,20,22). The van der Waals surface area contributed by atoms with Gasteiger partial charge in [-0.1, -0.05) is 29.3 Å². The highest BCUT2D eigenvalue weighted by Gasteiger charge is 2.24. The number of anilines is 1. The van der Waals surface area contributed by atoms with Crippen molar-refractivity contribution < 1.29 is 23.6 Å². The molecule has 0 heterocycles. The molecule has 1 unspecified atom stereocenters. The second kappa shape index (κ2) is 8.11. The molecule has 0 radical (unpaired) electrons. The molecule has 0 aliphatic rings. The SMILES string of the molecule is CC(OC(=O)c1c(F)cccc1Cl)C(=O)Nc1ccc([N+](=O)[O-])cc1Cl. The third-order valence-corrected chi connectivity index (χ3v) is 3.87. The molecular formula is C16H11Cl2FN2O5. The Balaban J connectivity index is 2.08. The quantitative estimate of drug-likeness (QED) is 0.460. The molecule has 1 atom stereocenters. The highest BCUT2D eigenvalue weighted by atomic mass is 35.5. The summed E-state index contributed by atoms with van der Waals surface area (Å²) >= 11 is 11.6. The van der Waals surface area contributed by atoms with Gasteiger partial charge in [0.2, 0.25) is 0 Å². The second-order valence-electron chi connectivity index (χ2n) is 5.05. The smallest absolute Gasteiger partial charge is 0.343 e. The predicted octanol–water partition coefficient (Wildman–Crippen LogP) is 4.22. The van der Waals surface area contributed by atoms with E-state index in [1.807, 2.05) is 0 Å². The molecular weight excluding hydrogens is 390 g/mol. The van der Waals surface area contributed by atoms with E-state index in [1.54, 1.807) is 0 Å². The summed E-state index contributed by atoms with van der Waals surface area (Å²) in [5.41, 5.74) is -0.641. The van der Waals surface area contributed by atoms with E-state index in [0.717, 1.165) is 18.2 Å². The van der Waals surface area contributed by atoms with Gasteiger partial charge >= 0.3 is 5.97 Å². The molecule has 7 nitrogen and oxygen atoms in total. The van der Waals surface area contributed by atoms with Crippen molar-refractivity contribution in [3.63, 3.8) is 0 Å². The van der Waals surface area contributed by atoms with Crippen LogP contribution in [0.5, 0.6) is 0 Å². The van der Waals surface area contributed by atoms with Crippen LogP contribution in [0.2, 0.25) is 10.0 Å². The van der Waals surface area contributed by atoms with E-state index in [1.165, 1.54) is 25.1 Å². The minimum Gasteiger partial charge on any atom is -0.449 e. The average molecular weight is 401 g/mol. The van der Waals surface area contributed by atoms with Crippen molar-refractivity contribution >= 4 is 46.5 Å². The highest BCUT2D eigenvalue weighted by Crippen LogP contribution is 2.27. The molecule has 0 saturated heterocycles. The molecule has 2 aromatic carbocycles. The number of nitrogens with zero attached hydrogens (tertiary/aromatic N) is 1. The Kier molecular flexibility index (Phi) is 6.12. The van der Waals surface area contributed by atoms with Gasteiger partial charge in [0.05, 0.1) is 20.7 Å². The molecule has 26 heavy (non-hydrogen) atoms. The molecule has 136 valence electrons. The molecule has 0 spiro atoms.